The number of carbonyl (C=O) groups excluding carboxylic acids is 1. The van der Waals surface area contributed by atoms with Crippen LogP contribution in [0, 0.1) is 0 Å². The Hall–Kier alpha value is -3.07. The van der Waals surface area contributed by atoms with Gasteiger partial charge in [0.25, 0.3) is 0 Å². The lowest BCUT2D eigenvalue weighted by atomic mass is 9.64. The number of nitrogens with two attached hydrogens (primary N) is 1. The van der Waals surface area contributed by atoms with E-state index >= 15 is 0 Å². The summed E-state index contributed by atoms with van der Waals surface area (Å²) >= 11 is 0. The van der Waals surface area contributed by atoms with Crippen LogP contribution in [0.1, 0.15) is 43.0 Å². The monoisotopic (exact) mass is 359 g/mol. The molecule has 0 aliphatic carbocycles. The first-order valence-electron chi connectivity index (χ1n) is 9.03. The molecule has 3 heteroatoms. The summed E-state index contributed by atoms with van der Waals surface area (Å²) < 4.78 is 0. The first-order valence-corrected chi connectivity index (χ1v) is 9.03. The largest absolute Gasteiger partial charge is 0.508 e. The molecule has 3 aromatic rings. The Balaban J connectivity index is 2.51. The molecule has 3 N–H and O–H groups in total. The predicted octanol–water partition coefficient (Wildman–Crippen LogP) is 4.51. The molecule has 0 saturated heterocycles. The van der Waals surface area contributed by atoms with Gasteiger partial charge in [-0.1, -0.05) is 93.6 Å². The molecule has 0 unspecified atom stereocenters. The summed E-state index contributed by atoms with van der Waals surface area (Å²) in [5.74, 6) is -0.312. The van der Waals surface area contributed by atoms with Crippen molar-refractivity contribution in [3.8, 4) is 5.75 Å². The summed E-state index contributed by atoms with van der Waals surface area (Å²) in [5.41, 5.74) is 7.50. The van der Waals surface area contributed by atoms with Gasteiger partial charge < -0.3 is 10.8 Å². The van der Waals surface area contributed by atoms with E-state index in [-0.39, 0.29) is 11.2 Å². The first kappa shape index (κ1) is 18.7. The Labute approximate surface area is 160 Å². The molecule has 0 heterocycles. The van der Waals surface area contributed by atoms with Gasteiger partial charge in [0.1, 0.15) is 11.2 Å². The highest BCUT2D eigenvalue weighted by atomic mass is 16.3. The Kier molecular flexibility index (Phi) is 4.79. The second-order valence-corrected chi connectivity index (χ2v) is 7.80. The molecule has 0 saturated carbocycles. The minimum Gasteiger partial charge on any atom is -0.508 e. The average Bonchev–Trinajstić information content (AvgIpc) is 2.63. The van der Waals surface area contributed by atoms with Gasteiger partial charge in [0.15, 0.2) is 0 Å². The van der Waals surface area contributed by atoms with Crippen molar-refractivity contribution < 1.29 is 9.90 Å². The fraction of sp³-hybridized carbons (Fsp3) is 0.208. The third-order valence-corrected chi connectivity index (χ3v) is 4.98. The second-order valence-electron chi connectivity index (χ2n) is 7.80. The zero-order valence-electron chi connectivity index (χ0n) is 15.9. The van der Waals surface area contributed by atoms with Crippen LogP contribution in [-0.2, 0) is 15.6 Å². The van der Waals surface area contributed by atoms with E-state index in [1.54, 1.807) is 12.1 Å². The van der Waals surface area contributed by atoms with E-state index < -0.39 is 11.3 Å². The highest BCUT2D eigenvalue weighted by Crippen LogP contribution is 2.46. The maximum absolute atomic E-state index is 13.2. The van der Waals surface area contributed by atoms with E-state index in [1.807, 2.05) is 87.5 Å². The van der Waals surface area contributed by atoms with E-state index in [4.69, 9.17) is 5.73 Å². The zero-order chi connectivity index (χ0) is 19.7. The topological polar surface area (TPSA) is 63.3 Å². The molecule has 138 valence electrons. The number of amides is 1. The lowest BCUT2D eigenvalue weighted by Crippen LogP contribution is -2.45. The summed E-state index contributed by atoms with van der Waals surface area (Å²) in [6, 6.07) is 24.4. The van der Waals surface area contributed by atoms with E-state index in [1.165, 1.54) is 0 Å². The number of primary amides is 1. The van der Waals surface area contributed by atoms with Crippen molar-refractivity contribution in [3.05, 3.63) is 101 Å². The van der Waals surface area contributed by atoms with Gasteiger partial charge >= 0.3 is 0 Å². The van der Waals surface area contributed by atoms with Gasteiger partial charge in [-0.05, 0) is 28.2 Å². The lowest BCUT2D eigenvalue weighted by Gasteiger charge is -2.37. The van der Waals surface area contributed by atoms with Crippen molar-refractivity contribution in [1.82, 2.24) is 0 Å². The third kappa shape index (κ3) is 3.10. The molecular weight excluding hydrogens is 334 g/mol. The van der Waals surface area contributed by atoms with Crippen molar-refractivity contribution in [2.75, 3.05) is 0 Å². The molecule has 1 amide bonds. The molecular formula is C24H25NO2. The first-order chi connectivity index (χ1) is 12.8. The SMILES string of the molecule is CC(C)(C)c1c(O)cccc1C(C(N)=O)(c1ccccc1)c1ccccc1. The number of hydrogen-bond donors (Lipinski definition) is 2. The summed E-state index contributed by atoms with van der Waals surface area (Å²) in [7, 11) is 0. The van der Waals surface area contributed by atoms with Crippen molar-refractivity contribution >= 4 is 5.91 Å². The standard InChI is InChI=1S/C24H25NO2/c1-23(2,3)21-19(15-10-16-20(21)26)24(22(25)27,17-11-6-4-7-12-17)18-13-8-5-9-14-18/h4-16,26H,1-3H3,(H2,25,27). The number of phenolic OH excluding ortho intramolecular Hbond substituents is 1. The molecule has 0 bridgehead atoms. The number of carbonyl (C=O) groups is 1. The van der Waals surface area contributed by atoms with Crippen LogP contribution in [0.25, 0.3) is 0 Å². The second kappa shape index (κ2) is 6.92. The van der Waals surface area contributed by atoms with Crippen molar-refractivity contribution in [2.45, 2.75) is 31.6 Å². The van der Waals surface area contributed by atoms with E-state index in [0.29, 0.717) is 5.56 Å². The third-order valence-electron chi connectivity index (χ3n) is 4.98. The van der Waals surface area contributed by atoms with Gasteiger partial charge in [-0.15, -0.1) is 0 Å². The van der Waals surface area contributed by atoms with Gasteiger partial charge in [-0.3, -0.25) is 4.79 Å². The number of benzene rings is 3. The van der Waals surface area contributed by atoms with Crippen LogP contribution in [0.2, 0.25) is 0 Å². The molecule has 3 nitrogen and oxygen atoms in total. The van der Waals surface area contributed by atoms with Gasteiger partial charge in [0, 0.05) is 5.56 Å². The normalized spacial score (nSPS) is 12.0. The van der Waals surface area contributed by atoms with Crippen molar-refractivity contribution in [1.29, 1.82) is 0 Å². The van der Waals surface area contributed by atoms with Gasteiger partial charge in [-0.25, -0.2) is 0 Å². The molecule has 3 rings (SSSR count). The van der Waals surface area contributed by atoms with Crippen LogP contribution in [-0.4, -0.2) is 11.0 Å². The molecule has 0 aliphatic heterocycles. The number of phenols is 1. The molecule has 0 fully saturated rings. The van der Waals surface area contributed by atoms with E-state index in [2.05, 4.69) is 0 Å². The van der Waals surface area contributed by atoms with Crippen LogP contribution in [0.15, 0.2) is 78.9 Å². The van der Waals surface area contributed by atoms with Gasteiger partial charge in [-0.2, -0.15) is 0 Å². The number of aromatic hydroxyl groups is 1. The van der Waals surface area contributed by atoms with Crippen LogP contribution in [0.3, 0.4) is 0 Å². The lowest BCUT2D eigenvalue weighted by molar-refractivity contribution is -0.121. The maximum atomic E-state index is 13.2. The Morgan fingerprint density at radius 3 is 1.67 bits per heavy atom. The molecule has 0 atom stereocenters. The molecule has 3 aromatic carbocycles. The van der Waals surface area contributed by atoms with Crippen LogP contribution in [0.4, 0.5) is 0 Å². The average molecular weight is 359 g/mol. The highest BCUT2D eigenvalue weighted by molar-refractivity contribution is 5.95. The van der Waals surface area contributed by atoms with Gasteiger partial charge in [0.05, 0.1) is 0 Å². The highest BCUT2D eigenvalue weighted by Gasteiger charge is 2.45. The summed E-state index contributed by atoms with van der Waals surface area (Å²) in [6.07, 6.45) is 0. The van der Waals surface area contributed by atoms with Crippen molar-refractivity contribution in [3.63, 3.8) is 0 Å². The zero-order valence-corrected chi connectivity index (χ0v) is 15.9. The van der Waals surface area contributed by atoms with Crippen LogP contribution < -0.4 is 5.73 Å². The fourth-order valence-electron chi connectivity index (χ4n) is 3.91. The van der Waals surface area contributed by atoms with Crippen LogP contribution >= 0.6 is 0 Å². The minimum absolute atomic E-state index is 0.164. The Morgan fingerprint density at radius 1 is 0.778 bits per heavy atom. The number of rotatable bonds is 4. The van der Waals surface area contributed by atoms with Crippen molar-refractivity contribution in [2.24, 2.45) is 5.73 Å². The summed E-state index contributed by atoms with van der Waals surface area (Å²) in [6.45, 7) is 6.06. The molecule has 0 aliphatic rings. The predicted molar refractivity (Wildman–Crippen MR) is 109 cm³/mol. The quantitative estimate of drug-likeness (QED) is 0.673. The summed E-state index contributed by atoms with van der Waals surface area (Å²) in [4.78, 5) is 13.2. The summed E-state index contributed by atoms with van der Waals surface area (Å²) in [5, 5.41) is 10.7. The molecule has 0 spiro atoms. The fourth-order valence-corrected chi connectivity index (χ4v) is 3.91. The number of hydrogen-bond acceptors (Lipinski definition) is 2. The van der Waals surface area contributed by atoms with E-state index in [9.17, 15) is 9.90 Å². The van der Waals surface area contributed by atoms with Gasteiger partial charge in [0.2, 0.25) is 5.91 Å². The Morgan fingerprint density at radius 2 is 1.26 bits per heavy atom. The van der Waals surface area contributed by atoms with Crippen LogP contribution in [0.5, 0.6) is 5.75 Å². The maximum Gasteiger partial charge on any atom is 0.237 e. The Bertz CT molecular complexity index is 902. The molecule has 0 aromatic heterocycles. The molecule has 0 radical (unpaired) electrons. The molecule has 27 heavy (non-hydrogen) atoms. The van der Waals surface area contributed by atoms with E-state index in [0.717, 1.165) is 16.7 Å². The smallest absolute Gasteiger partial charge is 0.237 e. The minimum atomic E-state index is -1.20.